The molecule has 4 heteroatoms. The van der Waals surface area contributed by atoms with Gasteiger partial charge in [-0.2, -0.15) is 0 Å². The van der Waals surface area contributed by atoms with E-state index >= 15 is 0 Å². The zero-order valence-electron chi connectivity index (χ0n) is 13.7. The van der Waals surface area contributed by atoms with E-state index in [1.54, 1.807) is 7.11 Å². The van der Waals surface area contributed by atoms with Gasteiger partial charge in [0.15, 0.2) is 0 Å². The molecule has 1 rings (SSSR count). The fourth-order valence-electron chi connectivity index (χ4n) is 2.77. The molecule has 3 unspecified atom stereocenters. The number of hydrogen-bond donors (Lipinski definition) is 2. The molecule has 0 heterocycles. The fourth-order valence-corrected chi connectivity index (χ4v) is 2.77. The molecule has 1 fully saturated rings. The van der Waals surface area contributed by atoms with Crippen LogP contribution in [0.25, 0.3) is 0 Å². The molecule has 0 radical (unpaired) electrons. The molecule has 4 nitrogen and oxygen atoms in total. The van der Waals surface area contributed by atoms with E-state index in [0.717, 1.165) is 13.0 Å². The van der Waals surface area contributed by atoms with Gasteiger partial charge in [-0.1, -0.05) is 26.2 Å². The van der Waals surface area contributed by atoms with Gasteiger partial charge in [0.2, 0.25) is 0 Å². The molecular formula is C16H33NO3. The largest absolute Gasteiger partial charge is 0.389 e. The summed E-state index contributed by atoms with van der Waals surface area (Å²) in [4.78, 5) is 0. The molecule has 0 bridgehead atoms. The minimum absolute atomic E-state index is 0.197. The summed E-state index contributed by atoms with van der Waals surface area (Å²) in [5, 5.41) is 13.2. The van der Waals surface area contributed by atoms with E-state index in [0.29, 0.717) is 25.2 Å². The lowest BCUT2D eigenvalue weighted by Crippen LogP contribution is -2.41. The lowest BCUT2D eigenvalue weighted by molar-refractivity contribution is -0.0513. The van der Waals surface area contributed by atoms with Crippen LogP contribution in [0.2, 0.25) is 0 Å². The number of aliphatic hydroxyl groups excluding tert-OH is 1. The van der Waals surface area contributed by atoms with Crippen molar-refractivity contribution in [1.29, 1.82) is 0 Å². The van der Waals surface area contributed by atoms with Crippen molar-refractivity contribution in [3.05, 3.63) is 0 Å². The third-order valence-electron chi connectivity index (χ3n) is 4.35. The molecule has 120 valence electrons. The van der Waals surface area contributed by atoms with Gasteiger partial charge in [-0.3, -0.25) is 0 Å². The Kier molecular flexibility index (Phi) is 8.03. The van der Waals surface area contributed by atoms with Gasteiger partial charge >= 0.3 is 0 Å². The summed E-state index contributed by atoms with van der Waals surface area (Å²) in [6.07, 6.45) is 6.10. The lowest BCUT2D eigenvalue weighted by Gasteiger charge is -2.31. The summed E-state index contributed by atoms with van der Waals surface area (Å²) in [6, 6.07) is 0. The molecule has 1 aliphatic rings. The Labute approximate surface area is 124 Å². The first-order valence-corrected chi connectivity index (χ1v) is 8.04. The highest BCUT2D eigenvalue weighted by molar-refractivity contribution is 4.76. The summed E-state index contributed by atoms with van der Waals surface area (Å²) < 4.78 is 11.3. The number of nitrogens with one attached hydrogen (secondary N) is 1. The van der Waals surface area contributed by atoms with Crippen LogP contribution < -0.4 is 5.32 Å². The molecule has 0 aliphatic heterocycles. The normalized spacial score (nSPS) is 25.6. The van der Waals surface area contributed by atoms with Gasteiger partial charge in [-0.15, -0.1) is 0 Å². The van der Waals surface area contributed by atoms with Crippen molar-refractivity contribution in [2.75, 3.05) is 26.8 Å². The number of rotatable bonds is 9. The maximum atomic E-state index is 9.98. The third kappa shape index (κ3) is 6.53. The van der Waals surface area contributed by atoms with Gasteiger partial charge in [0.05, 0.1) is 24.4 Å². The minimum atomic E-state index is -0.443. The van der Waals surface area contributed by atoms with Crippen molar-refractivity contribution < 1.29 is 14.6 Å². The molecule has 20 heavy (non-hydrogen) atoms. The molecule has 1 aliphatic carbocycles. The highest BCUT2D eigenvalue weighted by atomic mass is 16.5. The van der Waals surface area contributed by atoms with Crippen molar-refractivity contribution in [1.82, 2.24) is 5.32 Å². The Balaban J connectivity index is 2.17. The molecule has 0 aromatic carbocycles. The summed E-state index contributed by atoms with van der Waals surface area (Å²) in [7, 11) is 1.70. The van der Waals surface area contributed by atoms with Gasteiger partial charge in [0.25, 0.3) is 0 Å². The maximum absolute atomic E-state index is 9.98. The predicted octanol–water partition coefficient (Wildman–Crippen LogP) is 2.35. The van der Waals surface area contributed by atoms with E-state index in [-0.39, 0.29) is 5.60 Å². The van der Waals surface area contributed by atoms with E-state index in [2.05, 4.69) is 12.2 Å². The third-order valence-corrected chi connectivity index (χ3v) is 4.35. The van der Waals surface area contributed by atoms with Crippen LogP contribution in [-0.4, -0.2) is 49.7 Å². The average Bonchev–Trinajstić information content (AvgIpc) is 2.45. The first kappa shape index (κ1) is 17.9. The number of hydrogen-bond acceptors (Lipinski definition) is 4. The van der Waals surface area contributed by atoms with Gasteiger partial charge in [-0.25, -0.2) is 0 Å². The van der Waals surface area contributed by atoms with Crippen LogP contribution in [0.3, 0.4) is 0 Å². The number of methoxy groups -OCH3 is 1. The average molecular weight is 287 g/mol. The molecule has 0 aromatic heterocycles. The molecule has 0 saturated heterocycles. The second-order valence-electron chi connectivity index (χ2n) is 6.57. The molecule has 2 N–H and O–H groups in total. The first-order chi connectivity index (χ1) is 9.48. The Morgan fingerprint density at radius 3 is 2.65 bits per heavy atom. The monoisotopic (exact) mass is 287 g/mol. The quantitative estimate of drug-likeness (QED) is 0.683. The van der Waals surface area contributed by atoms with E-state index in [1.165, 1.54) is 25.7 Å². The van der Waals surface area contributed by atoms with E-state index in [9.17, 15) is 5.11 Å². The molecule has 0 aromatic rings. The topological polar surface area (TPSA) is 50.7 Å². The summed E-state index contributed by atoms with van der Waals surface area (Å²) in [5.41, 5.74) is -0.197. The molecule has 0 spiro atoms. The smallest absolute Gasteiger partial charge is 0.0897 e. The zero-order chi connectivity index (χ0) is 15.0. The molecule has 0 amide bonds. The summed E-state index contributed by atoms with van der Waals surface area (Å²) in [6.45, 7) is 7.99. The SMILES string of the molecule is CCC1CCCCC1OCC(O)CNCC(C)(C)OC. The number of aliphatic hydroxyl groups is 1. The Morgan fingerprint density at radius 2 is 2.00 bits per heavy atom. The lowest BCUT2D eigenvalue weighted by atomic mass is 9.85. The first-order valence-electron chi connectivity index (χ1n) is 8.04. The highest BCUT2D eigenvalue weighted by Gasteiger charge is 2.25. The van der Waals surface area contributed by atoms with Gasteiger partial charge in [-0.05, 0) is 32.6 Å². The standard InChI is InChI=1S/C16H33NO3/c1-5-13-8-6-7-9-15(13)20-11-14(18)10-17-12-16(2,3)19-4/h13-15,17-18H,5-12H2,1-4H3. The van der Waals surface area contributed by atoms with Crippen molar-refractivity contribution in [3.63, 3.8) is 0 Å². The fraction of sp³-hybridized carbons (Fsp3) is 1.00. The van der Waals surface area contributed by atoms with Crippen LogP contribution >= 0.6 is 0 Å². The van der Waals surface area contributed by atoms with Crippen molar-refractivity contribution in [2.24, 2.45) is 5.92 Å². The maximum Gasteiger partial charge on any atom is 0.0897 e. The summed E-state index contributed by atoms with van der Waals surface area (Å²) in [5.74, 6) is 0.677. The minimum Gasteiger partial charge on any atom is -0.389 e. The second-order valence-corrected chi connectivity index (χ2v) is 6.57. The highest BCUT2D eigenvalue weighted by Crippen LogP contribution is 2.29. The van der Waals surface area contributed by atoms with Crippen molar-refractivity contribution in [2.45, 2.75) is 70.7 Å². The Hall–Kier alpha value is -0.160. The van der Waals surface area contributed by atoms with Crippen LogP contribution in [0, 0.1) is 5.92 Å². The van der Waals surface area contributed by atoms with E-state index in [1.807, 2.05) is 13.8 Å². The zero-order valence-corrected chi connectivity index (χ0v) is 13.7. The van der Waals surface area contributed by atoms with E-state index < -0.39 is 6.10 Å². The van der Waals surface area contributed by atoms with Gasteiger partial charge in [0.1, 0.15) is 0 Å². The predicted molar refractivity (Wildman–Crippen MR) is 82.0 cm³/mol. The van der Waals surface area contributed by atoms with Crippen LogP contribution in [0.1, 0.15) is 52.9 Å². The molecule has 1 saturated carbocycles. The van der Waals surface area contributed by atoms with Gasteiger partial charge < -0.3 is 19.9 Å². The van der Waals surface area contributed by atoms with Crippen LogP contribution in [0.4, 0.5) is 0 Å². The summed E-state index contributed by atoms with van der Waals surface area (Å²) >= 11 is 0. The van der Waals surface area contributed by atoms with Crippen LogP contribution in [-0.2, 0) is 9.47 Å². The van der Waals surface area contributed by atoms with Crippen LogP contribution in [0.5, 0.6) is 0 Å². The van der Waals surface area contributed by atoms with Gasteiger partial charge in [0, 0.05) is 20.2 Å². The molecular weight excluding hydrogens is 254 g/mol. The Bertz CT molecular complexity index is 258. The molecule has 3 atom stereocenters. The Morgan fingerprint density at radius 1 is 1.30 bits per heavy atom. The second kappa shape index (κ2) is 8.98. The number of ether oxygens (including phenoxy) is 2. The van der Waals surface area contributed by atoms with Crippen molar-refractivity contribution >= 4 is 0 Å². The van der Waals surface area contributed by atoms with Crippen LogP contribution in [0.15, 0.2) is 0 Å². The van der Waals surface area contributed by atoms with E-state index in [4.69, 9.17) is 9.47 Å². The van der Waals surface area contributed by atoms with Crippen molar-refractivity contribution in [3.8, 4) is 0 Å².